The van der Waals surface area contributed by atoms with E-state index in [0.29, 0.717) is 16.6 Å². The number of aromatic nitrogens is 1. The number of rotatable bonds is 2. The fraction of sp³-hybridized carbons (Fsp3) is 0.0588. The van der Waals surface area contributed by atoms with E-state index in [-0.39, 0.29) is 5.78 Å². The van der Waals surface area contributed by atoms with Gasteiger partial charge in [0.2, 0.25) is 0 Å². The van der Waals surface area contributed by atoms with Crippen molar-refractivity contribution in [2.75, 3.05) is 10.8 Å². The summed E-state index contributed by atoms with van der Waals surface area (Å²) in [4.78, 5) is 17.0. The molecule has 22 heavy (non-hydrogen) atoms. The van der Waals surface area contributed by atoms with E-state index in [9.17, 15) is 8.63 Å². The average Bonchev–Trinajstić information content (AvgIpc) is 2.94. The van der Waals surface area contributed by atoms with Crippen molar-refractivity contribution in [2.45, 2.75) is 0 Å². The number of pyridine rings is 1. The first-order chi connectivity index (χ1) is 10.7. The molecule has 5 heteroatoms. The van der Waals surface area contributed by atoms with E-state index in [0.717, 1.165) is 21.1 Å². The van der Waals surface area contributed by atoms with Gasteiger partial charge in [-0.3, -0.25) is 0 Å². The molecule has 0 radical (unpaired) electrons. The zero-order valence-corrected chi connectivity index (χ0v) is 13.3. The van der Waals surface area contributed by atoms with Gasteiger partial charge in [0.25, 0.3) is 0 Å². The fourth-order valence-corrected chi connectivity index (χ4v) is 4.86. The van der Waals surface area contributed by atoms with Gasteiger partial charge < -0.3 is 0 Å². The number of hydrogen-bond donors (Lipinski definition) is 1. The number of nitrogens with one attached hydrogen (secondary N) is 1. The Morgan fingerprint density at radius 1 is 1.09 bits per heavy atom. The van der Waals surface area contributed by atoms with E-state index in [1.165, 1.54) is 0 Å². The van der Waals surface area contributed by atoms with Crippen LogP contribution in [0.4, 0.5) is 5.69 Å². The van der Waals surface area contributed by atoms with Crippen LogP contribution in [-0.2, 0) is 3.83 Å². The molecule has 1 N–H and O–H groups in total. The molecule has 1 aliphatic heterocycles. The van der Waals surface area contributed by atoms with E-state index in [1.54, 1.807) is 18.3 Å². The van der Waals surface area contributed by atoms with Gasteiger partial charge in [-0.25, -0.2) is 0 Å². The second-order valence-electron chi connectivity index (χ2n) is 5.12. The zero-order chi connectivity index (χ0) is 15.1. The van der Waals surface area contributed by atoms with Crippen molar-refractivity contribution in [1.82, 2.24) is 4.98 Å². The monoisotopic (exact) mass is 356 g/mol. The molecule has 0 fully saturated rings. The van der Waals surface area contributed by atoms with Crippen LogP contribution in [0.25, 0.3) is 10.9 Å². The quantitative estimate of drug-likeness (QED) is 0.565. The molecule has 0 bridgehead atoms. The predicted octanol–water partition coefficient (Wildman–Crippen LogP) is 2.06. The van der Waals surface area contributed by atoms with Gasteiger partial charge in [-0.1, -0.05) is 0 Å². The van der Waals surface area contributed by atoms with Gasteiger partial charge >= 0.3 is 131 Å². The van der Waals surface area contributed by atoms with Crippen LogP contribution in [0.5, 0.6) is 0 Å². The van der Waals surface area contributed by atoms with Crippen molar-refractivity contribution >= 4 is 40.7 Å². The minimum atomic E-state index is -2.04. The first-order valence-electron chi connectivity index (χ1n) is 6.88. The molecule has 0 saturated carbocycles. The van der Waals surface area contributed by atoms with Crippen molar-refractivity contribution in [3.8, 4) is 0 Å². The summed E-state index contributed by atoms with van der Waals surface area (Å²) < 4.78 is 12.8. The van der Waals surface area contributed by atoms with Crippen molar-refractivity contribution in [1.29, 1.82) is 0 Å². The minimum absolute atomic E-state index is 0.0910. The van der Waals surface area contributed by atoms with Crippen LogP contribution in [0.15, 0.2) is 54.7 Å². The van der Waals surface area contributed by atoms with Gasteiger partial charge in [0.05, 0.1) is 0 Å². The van der Waals surface area contributed by atoms with Crippen molar-refractivity contribution in [2.24, 2.45) is 0 Å². The van der Waals surface area contributed by atoms with Crippen LogP contribution in [-0.4, -0.2) is 30.0 Å². The number of hydrogen-bond acceptors (Lipinski definition) is 4. The molecule has 1 atom stereocenters. The predicted molar refractivity (Wildman–Crippen MR) is 86.2 cm³/mol. The third-order valence-electron chi connectivity index (χ3n) is 3.74. The number of carbonyl (C=O) groups is 1. The summed E-state index contributed by atoms with van der Waals surface area (Å²) >= 11 is -2.04. The van der Waals surface area contributed by atoms with E-state index in [2.05, 4.69) is 10.3 Å². The number of benzene rings is 2. The third kappa shape index (κ3) is 2.15. The zero-order valence-electron chi connectivity index (χ0n) is 11.6. The van der Waals surface area contributed by atoms with Crippen LogP contribution in [0.3, 0.4) is 0 Å². The molecular weight excluding hydrogens is 343 g/mol. The van der Waals surface area contributed by atoms with Gasteiger partial charge in [-0.2, -0.15) is 0 Å². The standard InChI is InChI=1S/C17H12N2O2Se/c20-17(12-5-6-15-16(8-12)22(21)10-19-15)13-7-11-3-1-2-4-14(11)18-9-13/h1-9,19H,10H2. The number of carbonyl (C=O) groups excluding carboxylic acids is 1. The van der Waals surface area contributed by atoms with Crippen molar-refractivity contribution in [3.05, 3.63) is 65.9 Å². The SMILES string of the molecule is O=C(c1ccc2c(c1)[Se](=O)CN2)c1cnc2ccccc2c1. The molecule has 0 amide bonds. The normalized spacial score (nSPS) is 16.3. The van der Waals surface area contributed by atoms with Crippen LogP contribution in [0.2, 0.25) is 0 Å². The van der Waals surface area contributed by atoms with Crippen LogP contribution in [0, 0.1) is 0 Å². The number of para-hydroxylation sites is 1. The molecule has 3 aromatic rings. The maximum atomic E-state index is 12.6. The van der Waals surface area contributed by atoms with Crippen molar-refractivity contribution < 1.29 is 8.63 Å². The Kier molecular flexibility index (Phi) is 3.10. The van der Waals surface area contributed by atoms with Gasteiger partial charge in [0.1, 0.15) is 0 Å². The molecule has 0 spiro atoms. The van der Waals surface area contributed by atoms with Gasteiger partial charge in [0.15, 0.2) is 0 Å². The summed E-state index contributed by atoms with van der Waals surface area (Å²) in [5.74, 6) is -0.0910. The topological polar surface area (TPSA) is 59.1 Å². The molecule has 1 unspecified atom stereocenters. The van der Waals surface area contributed by atoms with E-state index >= 15 is 0 Å². The van der Waals surface area contributed by atoms with Gasteiger partial charge in [-0.15, -0.1) is 0 Å². The Morgan fingerprint density at radius 2 is 1.95 bits per heavy atom. The summed E-state index contributed by atoms with van der Waals surface area (Å²) in [7, 11) is 0. The second kappa shape index (κ2) is 5.13. The summed E-state index contributed by atoms with van der Waals surface area (Å²) in [5, 5.41) is 4.04. The number of anilines is 1. The van der Waals surface area contributed by atoms with Gasteiger partial charge in [-0.05, 0) is 0 Å². The van der Waals surface area contributed by atoms with Crippen LogP contribution < -0.4 is 9.78 Å². The Balaban J connectivity index is 1.77. The molecule has 108 valence electrons. The summed E-state index contributed by atoms with van der Waals surface area (Å²) in [6, 6.07) is 14.9. The number of ketones is 1. The number of fused-ring (bicyclic) bond motifs is 2. The Bertz CT molecular complexity index is 937. The molecule has 0 saturated heterocycles. The molecule has 2 heterocycles. The molecule has 4 rings (SSSR count). The van der Waals surface area contributed by atoms with E-state index < -0.39 is 13.8 Å². The molecule has 1 aliphatic rings. The fourth-order valence-electron chi connectivity index (χ4n) is 2.58. The first-order valence-corrected chi connectivity index (χ1v) is 9.65. The molecule has 1 aromatic heterocycles. The van der Waals surface area contributed by atoms with Crippen LogP contribution in [0.1, 0.15) is 15.9 Å². The molecular formula is C17H12N2O2Se. The van der Waals surface area contributed by atoms with Crippen LogP contribution >= 0.6 is 0 Å². The molecule has 0 aliphatic carbocycles. The summed E-state index contributed by atoms with van der Waals surface area (Å²) in [6.07, 6.45) is 1.60. The molecule has 2 aromatic carbocycles. The molecule has 4 nitrogen and oxygen atoms in total. The van der Waals surface area contributed by atoms with E-state index in [4.69, 9.17) is 0 Å². The second-order valence-corrected chi connectivity index (χ2v) is 8.10. The van der Waals surface area contributed by atoms with Crippen molar-refractivity contribution in [3.63, 3.8) is 0 Å². The average molecular weight is 355 g/mol. The maximum absolute atomic E-state index is 12.6. The Labute approximate surface area is 131 Å². The first kappa shape index (κ1) is 13.3. The Morgan fingerprint density at radius 3 is 2.86 bits per heavy atom. The number of nitrogens with zero attached hydrogens (tertiary/aromatic N) is 1. The Hall–Kier alpha value is -2.36. The summed E-state index contributed by atoms with van der Waals surface area (Å²) in [6.45, 7) is 0. The third-order valence-corrected chi connectivity index (χ3v) is 6.33. The summed E-state index contributed by atoms with van der Waals surface area (Å²) in [5.41, 5.74) is 3.36. The van der Waals surface area contributed by atoms with Gasteiger partial charge in [0, 0.05) is 0 Å². The van der Waals surface area contributed by atoms with E-state index in [1.807, 2.05) is 36.4 Å².